The molecule has 0 bridgehead atoms. The maximum absolute atomic E-state index is 3.51. The third kappa shape index (κ3) is 7.10. The number of nitrogens with zero attached hydrogens (tertiary/aromatic N) is 1. The Labute approximate surface area is 131 Å². The van der Waals surface area contributed by atoms with Gasteiger partial charge in [-0.15, -0.1) is 0 Å². The fourth-order valence-corrected chi connectivity index (χ4v) is 2.63. The minimum absolute atomic E-state index is 0.596. The van der Waals surface area contributed by atoms with Crippen LogP contribution in [0, 0.1) is 5.92 Å². The van der Waals surface area contributed by atoms with Crippen LogP contribution in [0.1, 0.15) is 52.2 Å². The van der Waals surface area contributed by atoms with E-state index in [1.807, 2.05) is 0 Å². The van der Waals surface area contributed by atoms with Crippen molar-refractivity contribution in [2.75, 3.05) is 19.6 Å². The molecular weight excluding hydrogens is 256 g/mol. The molecule has 0 radical (unpaired) electrons. The molecule has 0 atom stereocenters. The van der Waals surface area contributed by atoms with Crippen molar-refractivity contribution in [3.8, 4) is 0 Å². The molecular formula is C19H34N2. The first-order valence-corrected chi connectivity index (χ1v) is 8.56. The SMILES string of the molecule is CCCNCCc1ccccc1CN(CC(C)C)C(C)C. The fraction of sp³-hybridized carbons (Fsp3) is 0.684. The lowest BCUT2D eigenvalue weighted by Gasteiger charge is -2.29. The Bertz CT molecular complexity index is 385. The van der Waals surface area contributed by atoms with Gasteiger partial charge in [-0.05, 0) is 56.8 Å². The van der Waals surface area contributed by atoms with Crippen molar-refractivity contribution in [1.29, 1.82) is 0 Å². The molecule has 1 aromatic rings. The third-order valence-electron chi connectivity index (χ3n) is 3.82. The second-order valence-corrected chi connectivity index (χ2v) is 6.69. The van der Waals surface area contributed by atoms with E-state index in [4.69, 9.17) is 0 Å². The van der Waals surface area contributed by atoms with Crippen LogP contribution in [0.25, 0.3) is 0 Å². The third-order valence-corrected chi connectivity index (χ3v) is 3.82. The summed E-state index contributed by atoms with van der Waals surface area (Å²) in [5, 5.41) is 3.51. The largest absolute Gasteiger partial charge is 0.316 e. The molecule has 0 spiro atoms. The van der Waals surface area contributed by atoms with Gasteiger partial charge in [0.2, 0.25) is 0 Å². The number of nitrogens with one attached hydrogen (secondary N) is 1. The van der Waals surface area contributed by atoms with Crippen molar-refractivity contribution in [3.63, 3.8) is 0 Å². The highest BCUT2D eigenvalue weighted by Gasteiger charge is 2.13. The average molecular weight is 290 g/mol. The topological polar surface area (TPSA) is 15.3 Å². The monoisotopic (exact) mass is 290 g/mol. The number of hydrogen-bond donors (Lipinski definition) is 1. The van der Waals surface area contributed by atoms with Gasteiger partial charge >= 0.3 is 0 Å². The lowest BCUT2D eigenvalue weighted by atomic mass is 10.0. The molecule has 0 fully saturated rings. The molecule has 0 unspecified atom stereocenters. The number of rotatable bonds is 10. The highest BCUT2D eigenvalue weighted by molar-refractivity contribution is 5.27. The summed E-state index contributed by atoms with van der Waals surface area (Å²) in [6.45, 7) is 15.9. The van der Waals surface area contributed by atoms with Gasteiger partial charge < -0.3 is 5.32 Å². The molecule has 0 amide bonds. The predicted molar refractivity (Wildman–Crippen MR) is 93.7 cm³/mol. The molecule has 2 heteroatoms. The van der Waals surface area contributed by atoms with Crippen molar-refractivity contribution in [1.82, 2.24) is 10.2 Å². The summed E-state index contributed by atoms with van der Waals surface area (Å²) in [4.78, 5) is 2.59. The Morgan fingerprint density at radius 1 is 1.00 bits per heavy atom. The van der Waals surface area contributed by atoms with E-state index in [1.54, 1.807) is 0 Å². The summed E-state index contributed by atoms with van der Waals surface area (Å²) in [6.07, 6.45) is 2.33. The second kappa shape index (κ2) is 9.97. The lowest BCUT2D eigenvalue weighted by Crippen LogP contribution is -2.34. The Hall–Kier alpha value is -0.860. The smallest absolute Gasteiger partial charge is 0.0239 e. The van der Waals surface area contributed by atoms with Gasteiger partial charge in [0, 0.05) is 19.1 Å². The van der Waals surface area contributed by atoms with E-state index in [9.17, 15) is 0 Å². The van der Waals surface area contributed by atoms with E-state index >= 15 is 0 Å². The van der Waals surface area contributed by atoms with E-state index < -0.39 is 0 Å². The summed E-state index contributed by atoms with van der Waals surface area (Å²) in [7, 11) is 0. The second-order valence-electron chi connectivity index (χ2n) is 6.69. The van der Waals surface area contributed by atoms with Crippen LogP contribution in [0.5, 0.6) is 0 Å². The molecule has 0 aliphatic rings. The van der Waals surface area contributed by atoms with Gasteiger partial charge in [0.25, 0.3) is 0 Å². The summed E-state index contributed by atoms with van der Waals surface area (Å²) >= 11 is 0. The van der Waals surface area contributed by atoms with Gasteiger partial charge in [0.15, 0.2) is 0 Å². The van der Waals surface area contributed by atoms with Crippen LogP contribution in [-0.4, -0.2) is 30.6 Å². The van der Waals surface area contributed by atoms with Crippen LogP contribution in [0.15, 0.2) is 24.3 Å². The summed E-state index contributed by atoms with van der Waals surface area (Å²) < 4.78 is 0. The first kappa shape index (κ1) is 18.2. The van der Waals surface area contributed by atoms with Crippen LogP contribution in [0.4, 0.5) is 0 Å². The van der Waals surface area contributed by atoms with E-state index in [1.165, 1.54) is 24.1 Å². The fourth-order valence-electron chi connectivity index (χ4n) is 2.63. The highest BCUT2D eigenvalue weighted by atomic mass is 15.1. The van der Waals surface area contributed by atoms with Crippen molar-refractivity contribution < 1.29 is 0 Å². The van der Waals surface area contributed by atoms with Crippen molar-refractivity contribution >= 4 is 0 Å². The Morgan fingerprint density at radius 2 is 1.67 bits per heavy atom. The molecule has 0 aromatic heterocycles. The van der Waals surface area contributed by atoms with E-state index in [0.29, 0.717) is 12.0 Å². The lowest BCUT2D eigenvalue weighted by molar-refractivity contribution is 0.188. The quantitative estimate of drug-likeness (QED) is 0.653. The van der Waals surface area contributed by atoms with Gasteiger partial charge in [-0.25, -0.2) is 0 Å². The van der Waals surface area contributed by atoms with Gasteiger partial charge in [-0.1, -0.05) is 45.0 Å². The Balaban J connectivity index is 2.67. The van der Waals surface area contributed by atoms with E-state index in [-0.39, 0.29) is 0 Å². The summed E-state index contributed by atoms with van der Waals surface area (Å²) in [6, 6.07) is 9.52. The number of benzene rings is 1. The highest BCUT2D eigenvalue weighted by Crippen LogP contribution is 2.15. The molecule has 21 heavy (non-hydrogen) atoms. The van der Waals surface area contributed by atoms with Crippen LogP contribution in [0.3, 0.4) is 0 Å². The van der Waals surface area contributed by atoms with Gasteiger partial charge in [0.05, 0.1) is 0 Å². The zero-order valence-electron chi connectivity index (χ0n) is 14.7. The van der Waals surface area contributed by atoms with Gasteiger partial charge in [0.1, 0.15) is 0 Å². The van der Waals surface area contributed by atoms with Crippen LogP contribution in [-0.2, 0) is 13.0 Å². The molecule has 0 heterocycles. The Morgan fingerprint density at radius 3 is 2.24 bits per heavy atom. The zero-order valence-corrected chi connectivity index (χ0v) is 14.7. The molecule has 0 aliphatic carbocycles. The first-order valence-electron chi connectivity index (χ1n) is 8.56. The van der Waals surface area contributed by atoms with Crippen molar-refractivity contribution in [2.45, 2.75) is 60.0 Å². The predicted octanol–water partition coefficient (Wildman–Crippen LogP) is 4.10. The summed E-state index contributed by atoms with van der Waals surface area (Å²) in [5.41, 5.74) is 2.99. The van der Waals surface area contributed by atoms with Crippen LogP contribution < -0.4 is 5.32 Å². The molecule has 0 saturated heterocycles. The average Bonchev–Trinajstić information content (AvgIpc) is 2.44. The maximum atomic E-state index is 3.51. The first-order chi connectivity index (χ1) is 10.0. The molecule has 120 valence electrons. The maximum Gasteiger partial charge on any atom is 0.0239 e. The molecule has 1 N–H and O–H groups in total. The molecule has 0 aliphatic heterocycles. The molecule has 1 rings (SSSR count). The summed E-state index contributed by atoms with van der Waals surface area (Å²) in [5.74, 6) is 0.714. The van der Waals surface area contributed by atoms with Crippen LogP contribution in [0.2, 0.25) is 0 Å². The van der Waals surface area contributed by atoms with Crippen molar-refractivity contribution in [3.05, 3.63) is 35.4 Å². The number of hydrogen-bond acceptors (Lipinski definition) is 2. The zero-order chi connectivity index (χ0) is 15.7. The Kier molecular flexibility index (Phi) is 8.63. The van der Waals surface area contributed by atoms with Gasteiger partial charge in [-0.2, -0.15) is 0 Å². The minimum atomic E-state index is 0.596. The van der Waals surface area contributed by atoms with E-state index in [2.05, 4.69) is 69.1 Å². The molecule has 2 nitrogen and oxygen atoms in total. The van der Waals surface area contributed by atoms with E-state index in [0.717, 1.165) is 26.1 Å². The van der Waals surface area contributed by atoms with Crippen LogP contribution >= 0.6 is 0 Å². The standard InChI is InChI=1S/C19H34N2/c1-6-12-20-13-11-18-9-7-8-10-19(18)15-21(17(4)5)14-16(2)3/h7-10,16-17,20H,6,11-15H2,1-5H3. The molecule has 1 aromatic carbocycles. The minimum Gasteiger partial charge on any atom is -0.316 e. The van der Waals surface area contributed by atoms with Crippen molar-refractivity contribution in [2.24, 2.45) is 5.92 Å². The normalized spacial score (nSPS) is 11.8. The van der Waals surface area contributed by atoms with Gasteiger partial charge in [-0.3, -0.25) is 4.90 Å². The molecule has 0 saturated carbocycles.